The number of carbonyl (C=O) groups is 1. The van der Waals surface area contributed by atoms with Crippen molar-refractivity contribution in [1.82, 2.24) is 14.5 Å². The fourth-order valence-corrected chi connectivity index (χ4v) is 4.80. The van der Waals surface area contributed by atoms with Crippen molar-refractivity contribution in [2.45, 2.75) is 13.5 Å². The Bertz CT molecular complexity index is 1270. The summed E-state index contributed by atoms with van der Waals surface area (Å²) in [4.78, 5) is 21.4. The number of esters is 1. The maximum Gasteiger partial charge on any atom is 0.349 e. The molecule has 4 rings (SSSR count). The highest BCUT2D eigenvalue weighted by Crippen LogP contribution is 2.34. The van der Waals surface area contributed by atoms with E-state index in [2.05, 4.69) is 19.9 Å². The van der Waals surface area contributed by atoms with Crippen LogP contribution in [-0.2, 0) is 11.3 Å². The SMILES string of the molecule is COC(=O)c1sc(-c2cc(NCCn3c(C)cc4cccc(OCF)c43)ncn2)cc1Cl. The highest BCUT2D eigenvalue weighted by molar-refractivity contribution is 7.18. The van der Waals surface area contributed by atoms with Crippen molar-refractivity contribution in [2.24, 2.45) is 0 Å². The average Bonchev–Trinajstić information content (AvgIpc) is 3.34. The maximum absolute atomic E-state index is 12.8. The Morgan fingerprint density at radius 1 is 1.28 bits per heavy atom. The van der Waals surface area contributed by atoms with Crippen molar-refractivity contribution >= 4 is 45.6 Å². The Morgan fingerprint density at radius 2 is 2.12 bits per heavy atom. The van der Waals surface area contributed by atoms with Crippen LogP contribution in [0.2, 0.25) is 5.02 Å². The molecule has 0 bridgehead atoms. The molecule has 7 nitrogen and oxygen atoms in total. The molecular formula is C22H20ClFN4O3S. The summed E-state index contributed by atoms with van der Waals surface area (Å²) in [5.74, 6) is 0.663. The second kappa shape index (κ2) is 9.54. The minimum atomic E-state index is -0.879. The number of nitrogens with zero attached hydrogens (tertiary/aromatic N) is 3. The number of alkyl halides is 1. The van der Waals surface area contributed by atoms with Crippen molar-refractivity contribution < 1.29 is 18.7 Å². The molecule has 1 N–H and O–H groups in total. The van der Waals surface area contributed by atoms with Gasteiger partial charge in [-0.25, -0.2) is 19.2 Å². The minimum Gasteiger partial charge on any atom is -0.465 e. The normalized spacial score (nSPS) is 11.0. The van der Waals surface area contributed by atoms with Gasteiger partial charge >= 0.3 is 5.97 Å². The summed E-state index contributed by atoms with van der Waals surface area (Å²) >= 11 is 7.37. The number of aryl methyl sites for hydroxylation is 1. The smallest absolute Gasteiger partial charge is 0.349 e. The maximum atomic E-state index is 12.8. The van der Waals surface area contributed by atoms with Crippen LogP contribution in [-0.4, -0.2) is 41.0 Å². The van der Waals surface area contributed by atoms with Crippen LogP contribution in [0, 0.1) is 6.92 Å². The highest BCUT2D eigenvalue weighted by atomic mass is 35.5. The number of benzene rings is 1. The third-order valence-corrected chi connectivity index (χ3v) is 6.47. The highest BCUT2D eigenvalue weighted by Gasteiger charge is 2.17. The number of hydrogen-bond donors (Lipinski definition) is 1. The van der Waals surface area contributed by atoms with E-state index in [9.17, 15) is 9.18 Å². The minimum absolute atomic E-state index is 0.325. The zero-order chi connectivity index (χ0) is 22.7. The third kappa shape index (κ3) is 4.39. The molecule has 0 amide bonds. The fourth-order valence-electron chi connectivity index (χ4n) is 3.50. The van der Waals surface area contributed by atoms with E-state index in [0.717, 1.165) is 21.5 Å². The van der Waals surface area contributed by atoms with E-state index in [-0.39, 0.29) is 0 Å². The Balaban J connectivity index is 1.50. The molecule has 0 spiro atoms. The summed E-state index contributed by atoms with van der Waals surface area (Å²) in [5, 5.41) is 4.60. The number of fused-ring (bicyclic) bond motifs is 1. The Labute approximate surface area is 192 Å². The number of rotatable bonds is 8. The molecule has 4 aromatic rings. The van der Waals surface area contributed by atoms with Gasteiger partial charge in [0.25, 0.3) is 0 Å². The molecule has 1 aromatic carbocycles. The van der Waals surface area contributed by atoms with Crippen LogP contribution in [0.25, 0.3) is 21.5 Å². The van der Waals surface area contributed by atoms with Crippen molar-refractivity contribution in [3.63, 3.8) is 0 Å². The fraction of sp³-hybridized carbons (Fsp3) is 0.227. The average molecular weight is 475 g/mol. The van der Waals surface area contributed by atoms with Crippen LogP contribution < -0.4 is 10.1 Å². The van der Waals surface area contributed by atoms with E-state index in [1.807, 2.05) is 25.1 Å². The number of hydrogen-bond acceptors (Lipinski definition) is 7. The van der Waals surface area contributed by atoms with Gasteiger partial charge in [0, 0.05) is 30.2 Å². The van der Waals surface area contributed by atoms with E-state index in [4.69, 9.17) is 21.1 Å². The number of anilines is 1. The first-order valence-electron chi connectivity index (χ1n) is 9.73. The molecule has 0 saturated heterocycles. The van der Waals surface area contributed by atoms with Crippen molar-refractivity contribution in [3.05, 3.63) is 58.3 Å². The summed E-state index contributed by atoms with van der Waals surface area (Å²) in [5.41, 5.74) is 2.55. The monoisotopic (exact) mass is 474 g/mol. The largest absolute Gasteiger partial charge is 0.465 e. The number of thiophene rings is 1. The lowest BCUT2D eigenvalue weighted by molar-refractivity contribution is 0.0606. The number of aromatic nitrogens is 3. The van der Waals surface area contributed by atoms with Gasteiger partial charge in [0.1, 0.15) is 22.8 Å². The lowest BCUT2D eigenvalue weighted by Gasteiger charge is -2.12. The number of methoxy groups -OCH3 is 1. The topological polar surface area (TPSA) is 78.3 Å². The van der Waals surface area contributed by atoms with Gasteiger partial charge in [0.15, 0.2) is 0 Å². The van der Waals surface area contributed by atoms with Gasteiger partial charge in [0.2, 0.25) is 6.86 Å². The Hall–Kier alpha value is -3.17. The van der Waals surface area contributed by atoms with E-state index in [1.165, 1.54) is 24.8 Å². The standard InChI is InChI=1S/C22H20ClFN4O3S/c1-13-8-14-4-3-5-17(31-11-24)20(14)28(13)7-6-25-19-10-16(26-12-27-19)18-9-15(23)21(32-18)22(29)30-2/h3-5,8-10,12H,6-7,11H2,1-2H3,(H,25,26,27). The second-order valence-electron chi connectivity index (χ2n) is 6.88. The summed E-state index contributed by atoms with van der Waals surface area (Å²) in [6.45, 7) is 2.32. The quantitative estimate of drug-likeness (QED) is 0.348. The molecule has 0 atom stereocenters. The number of ether oxygens (including phenoxy) is 2. The van der Waals surface area contributed by atoms with Crippen LogP contribution in [0.1, 0.15) is 15.4 Å². The Kier molecular flexibility index (Phi) is 6.57. The van der Waals surface area contributed by atoms with Gasteiger partial charge in [-0.1, -0.05) is 23.7 Å². The molecule has 0 unspecified atom stereocenters. The van der Waals surface area contributed by atoms with Gasteiger partial charge in [-0.15, -0.1) is 11.3 Å². The molecule has 0 fully saturated rings. The summed E-state index contributed by atoms with van der Waals surface area (Å²) in [7, 11) is 1.31. The van der Waals surface area contributed by atoms with Crippen LogP contribution in [0.15, 0.2) is 42.7 Å². The Morgan fingerprint density at radius 3 is 2.91 bits per heavy atom. The number of carbonyl (C=O) groups excluding carboxylic acids is 1. The predicted molar refractivity (Wildman–Crippen MR) is 123 cm³/mol. The van der Waals surface area contributed by atoms with Gasteiger partial charge in [-0.2, -0.15) is 0 Å². The molecule has 3 aromatic heterocycles. The van der Waals surface area contributed by atoms with Crippen molar-refractivity contribution in [2.75, 3.05) is 25.8 Å². The number of nitrogens with one attached hydrogen (secondary N) is 1. The molecule has 0 aliphatic carbocycles. The number of halogens is 2. The van der Waals surface area contributed by atoms with Crippen LogP contribution in [0.3, 0.4) is 0 Å². The van der Waals surface area contributed by atoms with E-state index < -0.39 is 12.8 Å². The molecule has 0 radical (unpaired) electrons. The van der Waals surface area contributed by atoms with E-state index >= 15 is 0 Å². The van der Waals surface area contributed by atoms with Crippen molar-refractivity contribution in [1.29, 1.82) is 0 Å². The zero-order valence-electron chi connectivity index (χ0n) is 17.4. The van der Waals surface area contributed by atoms with Crippen LogP contribution in [0.5, 0.6) is 5.75 Å². The zero-order valence-corrected chi connectivity index (χ0v) is 19.0. The first-order chi connectivity index (χ1) is 15.5. The number of para-hydroxylation sites is 1. The molecule has 32 heavy (non-hydrogen) atoms. The van der Waals surface area contributed by atoms with Gasteiger partial charge < -0.3 is 19.4 Å². The summed E-state index contributed by atoms with van der Waals surface area (Å²) in [6, 6.07) is 11.1. The lowest BCUT2D eigenvalue weighted by atomic mass is 10.2. The van der Waals surface area contributed by atoms with Gasteiger partial charge in [-0.05, 0) is 25.1 Å². The lowest BCUT2D eigenvalue weighted by Crippen LogP contribution is -2.12. The first kappa shape index (κ1) is 22.0. The second-order valence-corrected chi connectivity index (χ2v) is 8.34. The van der Waals surface area contributed by atoms with E-state index in [0.29, 0.717) is 40.3 Å². The van der Waals surface area contributed by atoms with Gasteiger partial charge in [0.05, 0.1) is 28.2 Å². The van der Waals surface area contributed by atoms with Gasteiger partial charge in [-0.3, -0.25) is 0 Å². The third-order valence-electron chi connectivity index (χ3n) is 4.92. The molecule has 0 aliphatic heterocycles. The van der Waals surface area contributed by atoms with Crippen molar-refractivity contribution in [3.8, 4) is 16.3 Å². The molecule has 166 valence electrons. The molecular weight excluding hydrogens is 455 g/mol. The van der Waals surface area contributed by atoms with E-state index in [1.54, 1.807) is 18.2 Å². The summed E-state index contributed by atoms with van der Waals surface area (Å²) in [6.07, 6.45) is 1.45. The van der Waals surface area contributed by atoms with Crippen LogP contribution in [0.4, 0.5) is 10.2 Å². The molecule has 3 heterocycles. The van der Waals surface area contributed by atoms with Crippen LogP contribution >= 0.6 is 22.9 Å². The molecule has 0 aliphatic rings. The molecule has 0 saturated carbocycles. The predicted octanol–water partition coefficient (Wildman–Crippen LogP) is 5.33. The first-order valence-corrected chi connectivity index (χ1v) is 10.9. The molecule has 10 heteroatoms. The summed E-state index contributed by atoms with van der Waals surface area (Å²) < 4.78 is 24.8.